The first-order valence-electron chi connectivity index (χ1n) is 4.76. The number of phenolic OH excluding ortho intramolecular Hbond substituents is 1. The number of carbonyl (C=O) groups excluding carboxylic acids is 1. The standard InChI is InChI=1S/C11H14O4/c1-2-14-5-6-15-11-4-3-9(8-12)7-10(11)13/h3-4,7-8,13H,2,5-6H2,1H3. The van der Waals surface area contributed by atoms with E-state index in [1.807, 2.05) is 6.92 Å². The van der Waals surface area contributed by atoms with Gasteiger partial charge in [-0.2, -0.15) is 0 Å². The van der Waals surface area contributed by atoms with Crippen LogP contribution < -0.4 is 4.74 Å². The smallest absolute Gasteiger partial charge is 0.161 e. The number of carbonyl (C=O) groups is 1. The van der Waals surface area contributed by atoms with Gasteiger partial charge in [0.25, 0.3) is 0 Å². The topological polar surface area (TPSA) is 55.8 Å². The van der Waals surface area contributed by atoms with Crippen molar-refractivity contribution in [3.63, 3.8) is 0 Å². The molecule has 1 aromatic rings. The highest BCUT2D eigenvalue weighted by atomic mass is 16.5. The van der Waals surface area contributed by atoms with Crippen LogP contribution in [0.1, 0.15) is 17.3 Å². The van der Waals surface area contributed by atoms with Crippen molar-refractivity contribution in [1.82, 2.24) is 0 Å². The lowest BCUT2D eigenvalue weighted by Crippen LogP contribution is -2.06. The molecule has 0 saturated carbocycles. The van der Waals surface area contributed by atoms with Gasteiger partial charge in [-0.15, -0.1) is 0 Å². The van der Waals surface area contributed by atoms with Gasteiger partial charge in [0.1, 0.15) is 12.9 Å². The van der Waals surface area contributed by atoms with Crippen molar-refractivity contribution < 1.29 is 19.4 Å². The lowest BCUT2D eigenvalue weighted by molar-refractivity contribution is 0.109. The summed E-state index contributed by atoms with van der Waals surface area (Å²) in [4.78, 5) is 10.4. The van der Waals surface area contributed by atoms with E-state index in [4.69, 9.17) is 9.47 Å². The highest BCUT2D eigenvalue weighted by Crippen LogP contribution is 2.25. The SMILES string of the molecule is CCOCCOc1ccc(C=O)cc1O. The molecule has 0 aliphatic heterocycles. The minimum Gasteiger partial charge on any atom is -0.504 e. The molecule has 0 aliphatic carbocycles. The van der Waals surface area contributed by atoms with Crippen molar-refractivity contribution >= 4 is 6.29 Å². The number of aldehydes is 1. The summed E-state index contributed by atoms with van der Waals surface area (Å²) < 4.78 is 10.3. The van der Waals surface area contributed by atoms with Crippen LogP contribution in [0.3, 0.4) is 0 Å². The van der Waals surface area contributed by atoms with Gasteiger partial charge in [-0.1, -0.05) is 0 Å². The lowest BCUT2D eigenvalue weighted by atomic mass is 10.2. The van der Waals surface area contributed by atoms with Crippen molar-refractivity contribution in [2.45, 2.75) is 6.92 Å². The van der Waals surface area contributed by atoms with Crippen LogP contribution in [0.5, 0.6) is 11.5 Å². The quantitative estimate of drug-likeness (QED) is 0.572. The third-order valence-corrected chi connectivity index (χ3v) is 1.81. The molecule has 0 saturated heterocycles. The molecule has 0 fully saturated rings. The van der Waals surface area contributed by atoms with E-state index in [9.17, 15) is 9.90 Å². The van der Waals surface area contributed by atoms with Gasteiger partial charge in [-0.3, -0.25) is 4.79 Å². The maximum absolute atomic E-state index is 10.4. The van der Waals surface area contributed by atoms with Gasteiger partial charge in [-0.05, 0) is 25.1 Å². The molecule has 1 N–H and O–H groups in total. The molecule has 0 atom stereocenters. The fourth-order valence-electron chi connectivity index (χ4n) is 1.08. The Balaban J connectivity index is 2.50. The maximum atomic E-state index is 10.4. The van der Waals surface area contributed by atoms with Crippen LogP contribution in [0.25, 0.3) is 0 Å². The van der Waals surface area contributed by atoms with Crippen LogP contribution in [0.2, 0.25) is 0 Å². The summed E-state index contributed by atoms with van der Waals surface area (Å²) in [6.45, 7) is 3.39. The summed E-state index contributed by atoms with van der Waals surface area (Å²) in [6, 6.07) is 4.51. The molecule has 82 valence electrons. The summed E-state index contributed by atoms with van der Waals surface area (Å²) in [5.74, 6) is 0.330. The molecule has 0 bridgehead atoms. The number of rotatable bonds is 6. The van der Waals surface area contributed by atoms with Crippen molar-refractivity contribution in [3.8, 4) is 11.5 Å². The summed E-state index contributed by atoms with van der Waals surface area (Å²) in [7, 11) is 0. The Hall–Kier alpha value is -1.55. The molecule has 0 radical (unpaired) electrons. The van der Waals surface area contributed by atoms with Gasteiger partial charge in [0.2, 0.25) is 0 Å². The molecule has 4 nitrogen and oxygen atoms in total. The Morgan fingerprint density at radius 2 is 2.20 bits per heavy atom. The van der Waals surface area contributed by atoms with Gasteiger partial charge >= 0.3 is 0 Å². The Kier molecular flexibility index (Phi) is 4.63. The number of phenols is 1. The summed E-state index contributed by atoms with van der Waals surface area (Å²) in [5.41, 5.74) is 0.421. The predicted octanol–water partition coefficient (Wildman–Crippen LogP) is 1.62. The van der Waals surface area contributed by atoms with Gasteiger partial charge in [0.15, 0.2) is 11.5 Å². The van der Waals surface area contributed by atoms with Gasteiger partial charge in [-0.25, -0.2) is 0 Å². The zero-order valence-corrected chi connectivity index (χ0v) is 8.60. The largest absolute Gasteiger partial charge is 0.504 e. The molecular formula is C11H14O4. The first kappa shape index (κ1) is 11.5. The Labute approximate surface area is 88.4 Å². The van der Waals surface area contributed by atoms with E-state index in [0.717, 1.165) is 0 Å². The zero-order chi connectivity index (χ0) is 11.1. The Morgan fingerprint density at radius 3 is 2.80 bits per heavy atom. The maximum Gasteiger partial charge on any atom is 0.161 e. The lowest BCUT2D eigenvalue weighted by Gasteiger charge is -2.07. The van der Waals surface area contributed by atoms with Crippen molar-refractivity contribution in [1.29, 1.82) is 0 Å². The second kappa shape index (κ2) is 6.03. The minimum atomic E-state index is -0.0314. The van der Waals surface area contributed by atoms with E-state index in [2.05, 4.69) is 0 Å². The number of aromatic hydroxyl groups is 1. The van der Waals surface area contributed by atoms with Crippen LogP contribution >= 0.6 is 0 Å². The van der Waals surface area contributed by atoms with Crippen LogP contribution in [0.4, 0.5) is 0 Å². The molecule has 0 heterocycles. The Bertz CT molecular complexity index is 322. The first-order chi connectivity index (χ1) is 7.27. The van der Waals surface area contributed by atoms with Crippen LogP contribution in [-0.2, 0) is 4.74 Å². The van der Waals surface area contributed by atoms with Crippen molar-refractivity contribution in [2.75, 3.05) is 19.8 Å². The fraction of sp³-hybridized carbons (Fsp3) is 0.364. The number of benzene rings is 1. The van der Waals surface area contributed by atoms with E-state index < -0.39 is 0 Å². The van der Waals surface area contributed by atoms with Crippen molar-refractivity contribution in [2.24, 2.45) is 0 Å². The number of ether oxygens (including phenoxy) is 2. The molecule has 0 spiro atoms. The predicted molar refractivity (Wildman–Crippen MR) is 55.5 cm³/mol. The van der Waals surface area contributed by atoms with Crippen LogP contribution in [0, 0.1) is 0 Å². The minimum absolute atomic E-state index is 0.0314. The Morgan fingerprint density at radius 1 is 1.40 bits per heavy atom. The number of hydrogen-bond donors (Lipinski definition) is 1. The normalized spacial score (nSPS) is 9.93. The molecule has 0 aromatic heterocycles. The van der Waals surface area contributed by atoms with Crippen molar-refractivity contribution in [3.05, 3.63) is 23.8 Å². The average Bonchev–Trinajstić information content (AvgIpc) is 2.26. The van der Waals surface area contributed by atoms with E-state index in [-0.39, 0.29) is 5.75 Å². The fourth-order valence-corrected chi connectivity index (χ4v) is 1.08. The van der Waals surface area contributed by atoms with Crippen LogP contribution in [0.15, 0.2) is 18.2 Å². The van der Waals surface area contributed by atoms with E-state index in [0.29, 0.717) is 37.4 Å². The monoisotopic (exact) mass is 210 g/mol. The summed E-state index contributed by atoms with van der Waals surface area (Å²) >= 11 is 0. The van der Waals surface area contributed by atoms with E-state index >= 15 is 0 Å². The number of hydrogen-bond acceptors (Lipinski definition) is 4. The van der Waals surface area contributed by atoms with Gasteiger partial charge in [0.05, 0.1) is 6.61 Å². The second-order valence-electron chi connectivity index (χ2n) is 2.89. The highest BCUT2D eigenvalue weighted by Gasteiger charge is 2.02. The zero-order valence-electron chi connectivity index (χ0n) is 8.60. The highest BCUT2D eigenvalue weighted by molar-refractivity contribution is 5.76. The molecule has 0 unspecified atom stereocenters. The van der Waals surface area contributed by atoms with Gasteiger partial charge in [0, 0.05) is 12.2 Å². The summed E-state index contributed by atoms with van der Waals surface area (Å²) in [5, 5.41) is 9.45. The molecule has 15 heavy (non-hydrogen) atoms. The average molecular weight is 210 g/mol. The third-order valence-electron chi connectivity index (χ3n) is 1.81. The molecule has 1 aromatic carbocycles. The molecule has 0 aliphatic rings. The molecule has 0 amide bonds. The second-order valence-corrected chi connectivity index (χ2v) is 2.89. The molecule has 1 rings (SSSR count). The van der Waals surface area contributed by atoms with E-state index in [1.54, 1.807) is 12.1 Å². The summed E-state index contributed by atoms with van der Waals surface area (Å²) in [6.07, 6.45) is 0.670. The molecular weight excluding hydrogens is 196 g/mol. The van der Waals surface area contributed by atoms with E-state index in [1.165, 1.54) is 6.07 Å². The van der Waals surface area contributed by atoms with Crippen LogP contribution in [-0.4, -0.2) is 31.2 Å². The third kappa shape index (κ3) is 3.59. The first-order valence-corrected chi connectivity index (χ1v) is 4.76. The van der Waals surface area contributed by atoms with Gasteiger partial charge < -0.3 is 14.6 Å². The molecule has 4 heteroatoms.